The van der Waals surface area contributed by atoms with E-state index in [1.165, 1.54) is 82.3 Å². The van der Waals surface area contributed by atoms with Gasteiger partial charge < -0.3 is 9.80 Å². The molecule has 314 valence electrons. The first-order valence-electron chi connectivity index (χ1n) is 23.5. The fraction of sp³-hybridized carbons (Fsp3) is 0.143. The Balaban J connectivity index is 0.776. The zero-order valence-corrected chi connectivity index (χ0v) is 36.7. The van der Waals surface area contributed by atoms with E-state index in [4.69, 9.17) is 0 Å². The van der Waals surface area contributed by atoms with Gasteiger partial charge in [0.05, 0.1) is 0 Å². The molecule has 65 heavy (non-hydrogen) atoms. The van der Waals surface area contributed by atoms with Gasteiger partial charge in [-0.1, -0.05) is 164 Å². The molecule has 0 N–H and O–H groups in total. The average Bonchev–Trinajstić information content (AvgIpc) is 3.79. The van der Waals surface area contributed by atoms with Crippen LogP contribution >= 0.6 is 0 Å². The highest BCUT2D eigenvalue weighted by Crippen LogP contribution is 2.66. The van der Waals surface area contributed by atoms with E-state index in [0.29, 0.717) is 5.41 Å². The van der Waals surface area contributed by atoms with E-state index in [1.54, 1.807) is 5.56 Å². The van der Waals surface area contributed by atoms with Gasteiger partial charge in [0.1, 0.15) is 0 Å². The summed E-state index contributed by atoms with van der Waals surface area (Å²) in [5.41, 5.74) is 18.6. The van der Waals surface area contributed by atoms with Gasteiger partial charge in [-0.2, -0.15) is 0 Å². The minimum Gasteiger partial charge on any atom is -0.311 e. The third kappa shape index (κ3) is 7.43. The number of anilines is 6. The monoisotopic (exact) mass is 836 g/mol. The minimum absolute atomic E-state index is 0.414. The van der Waals surface area contributed by atoms with Crippen molar-refractivity contribution >= 4 is 34.1 Å². The van der Waals surface area contributed by atoms with Gasteiger partial charge in [-0.3, -0.25) is 0 Å². The summed E-state index contributed by atoms with van der Waals surface area (Å²) in [6, 6.07) is 86.5. The molecule has 9 aromatic carbocycles. The van der Waals surface area contributed by atoms with Crippen molar-refractivity contribution in [3.63, 3.8) is 0 Å². The number of rotatable bonds is 11. The van der Waals surface area contributed by atoms with Gasteiger partial charge >= 0.3 is 0 Å². The quantitative estimate of drug-likeness (QED) is 0.128. The minimum atomic E-state index is 0.414. The van der Waals surface area contributed by atoms with Crippen LogP contribution in [0.3, 0.4) is 0 Å². The molecule has 0 radical (unpaired) electrons. The van der Waals surface area contributed by atoms with Crippen LogP contribution in [0.15, 0.2) is 237 Å². The largest absolute Gasteiger partial charge is 0.311 e. The average molecular weight is 837 g/mol. The van der Waals surface area contributed by atoms with Crippen LogP contribution in [0.25, 0.3) is 44.5 Å². The smallest absolute Gasteiger partial charge is 0.0462 e. The SMILES string of the molecule is c1ccc(-c2ccc(N(c3ccc(-c4ccc(-c5ccc(-c6ccc(N(c7ccccc7)c7ccccc7)cc6)cc5)cc4)cc3)c3ccc(C45CC6CC(CC4C6)C5)cc3)cc2)cc1. The Kier molecular flexibility index (Phi) is 10.0. The van der Waals surface area contributed by atoms with Crippen LogP contribution in [0.2, 0.25) is 0 Å². The summed E-state index contributed by atoms with van der Waals surface area (Å²) in [6.45, 7) is 0. The first kappa shape index (κ1) is 39.2. The van der Waals surface area contributed by atoms with Crippen LogP contribution in [-0.2, 0) is 5.41 Å². The molecule has 2 unspecified atom stereocenters. The lowest BCUT2D eigenvalue weighted by atomic mass is 9.71. The molecule has 2 nitrogen and oxygen atoms in total. The highest BCUT2D eigenvalue weighted by Gasteiger charge is 2.58. The molecule has 0 aliphatic heterocycles. The summed E-state index contributed by atoms with van der Waals surface area (Å²) in [5, 5.41) is 0. The molecule has 0 spiro atoms. The zero-order valence-electron chi connectivity index (χ0n) is 36.7. The summed E-state index contributed by atoms with van der Waals surface area (Å²) in [4.78, 5) is 4.72. The Morgan fingerprint density at radius 3 is 0.862 bits per heavy atom. The lowest BCUT2D eigenvalue weighted by molar-refractivity contribution is 0.266. The van der Waals surface area contributed by atoms with Gasteiger partial charge in [0.25, 0.3) is 0 Å². The Bertz CT molecular complexity index is 2960. The second-order valence-corrected chi connectivity index (χ2v) is 18.8. The van der Waals surface area contributed by atoms with Crippen molar-refractivity contribution in [3.8, 4) is 44.5 Å². The normalized spacial score (nSPS) is 19.3. The topological polar surface area (TPSA) is 6.48 Å². The maximum absolute atomic E-state index is 2.47. The van der Waals surface area contributed by atoms with Gasteiger partial charge in [0.15, 0.2) is 0 Å². The Hall–Kier alpha value is -7.42. The maximum atomic E-state index is 2.47. The first-order valence-corrected chi connectivity index (χ1v) is 23.5. The Labute approximate surface area is 384 Å². The number of hydrogen-bond acceptors (Lipinski definition) is 2. The second-order valence-electron chi connectivity index (χ2n) is 18.8. The van der Waals surface area contributed by atoms with E-state index in [1.807, 2.05) is 0 Å². The van der Waals surface area contributed by atoms with Crippen LogP contribution < -0.4 is 9.80 Å². The van der Waals surface area contributed by atoms with Crippen molar-refractivity contribution in [1.29, 1.82) is 0 Å². The first-order chi connectivity index (χ1) is 32.1. The van der Waals surface area contributed by atoms with Crippen molar-refractivity contribution in [2.45, 2.75) is 37.5 Å². The van der Waals surface area contributed by atoms with Crippen LogP contribution in [0.4, 0.5) is 34.1 Å². The van der Waals surface area contributed by atoms with Gasteiger partial charge in [-0.05, 0) is 178 Å². The van der Waals surface area contributed by atoms with E-state index in [9.17, 15) is 0 Å². The number of nitrogens with zero attached hydrogens (tertiary/aromatic N) is 2. The van der Waals surface area contributed by atoms with Crippen molar-refractivity contribution in [2.24, 2.45) is 17.8 Å². The molecule has 4 bridgehead atoms. The fourth-order valence-corrected chi connectivity index (χ4v) is 12.0. The Morgan fingerprint density at radius 1 is 0.262 bits per heavy atom. The van der Waals surface area contributed by atoms with E-state index < -0.39 is 0 Å². The van der Waals surface area contributed by atoms with E-state index in [2.05, 4.69) is 246 Å². The third-order valence-corrected chi connectivity index (χ3v) is 15.0. The molecule has 0 saturated heterocycles. The molecule has 0 aromatic heterocycles. The second kappa shape index (κ2) is 16.6. The van der Waals surface area contributed by atoms with E-state index in [-0.39, 0.29) is 0 Å². The molecule has 2 atom stereocenters. The van der Waals surface area contributed by atoms with Crippen LogP contribution in [0.1, 0.15) is 37.7 Å². The summed E-state index contributed by atoms with van der Waals surface area (Å²) >= 11 is 0. The van der Waals surface area contributed by atoms with E-state index >= 15 is 0 Å². The molecular formula is C63H52N2. The van der Waals surface area contributed by atoms with Crippen molar-refractivity contribution in [1.82, 2.24) is 0 Å². The lowest BCUT2D eigenvalue weighted by Crippen LogP contribution is -2.27. The summed E-state index contributed by atoms with van der Waals surface area (Å²) < 4.78 is 0. The molecule has 0 heterocycles. The molecule has 4 saturated carbocycles. The molecule has 4 aliphatic rings. The number of hydrogen-bond donors (Lipinski definition) is 0. The van der Waals surface area contributed by atoms with Crippen molar-refractivity contribution in [2.75, 3.05) is 9.80 Å². The predicted octanol–water partition coefficient (Wildman–Crippen LogP) is 17.4. The fourth-order valence-electron chi connectivity index (χ4n) is 12.0. The zero-order chi connectivity index (χ0) is 43.2. The molecule has 9 aromatic rings. The van der Waals surface area contributed by atoms with Gasteiger partial charge in [0.2, 0.25) is 0 Å². The van der Waals surface area contributed by atoms with Gasteiger partial charge in [-0.15, -0.1) is 0 Å². The standard InChI is InChI=1S/C63H52N2/c1-4-10-47(11-5-1)52-24-32-60(33-25-52)65(62-38-30-55(31-39-62)63-43-45-40-46(44-63)42-56(63)41-45)61-36-28-54(29-37-61)51-22-18-49(19-23-51)48-16-20-50(21-17-48)53-26-34-59(35-27-53)64(57-12-6-2-7-13-57)58-14-8-3-9-15-58/h1-39,45-46,56H,40-44H2. The third-order valence-electron chi connectivity index (χ3n) is 15.0. The lowest BCUT2D eigenvalue weighted by Gasteiger charge is -2.34. The molecular weight excluding hydrogens is 785 g/mol. The molecule has 2 heteroatoms. The highest BCUT2D eigenvalue weighted by atomic mass is 15.1. The summed E-state index contributed by atoms with van der Waals surface area (Å²) in [5.74, 6) is 2.78. The van der Waals surface area contributed by atoms with Crippen LogP contribution in [-0.4, -0.2) is 0 Å². The molecule has 4 fully saturated rings. The van der Waals surface area contributed by atoms with Crippen LogP contribution in [0.5, 0.6) is 0 Å². The van der Waals surface area contributed by atoms with Gasteiger partial charge in [0, 0.05) is 34.1 Å². The van der Waals surface area contributed by atoms with Crippen LogP contribution in [0, 0.1) is 17.8 Å². The molecule has 0 amide bonds. The summed E-state index contributed by atoms with van der Waals surface area (Å²) in [6.07, 6.45) is 7.16. The number of para-hydroxylation sites is 2. The Morgan fingerprint density at radius 2 is 0.523 bits per heavy atom. The molecule has 4 aliphatic carbocycles. The summed E-state index contributed by atoms with van der Waals surface area (Å²) in [7, 11) is 0. The van der Waals surface area contributed by atoms with E-state index in [0.717, 1.165) is 46.2 Å². The van der Waals surface area contributed by atoms with Gasteiger partial charge in [-0.25, -0.2) is 0 Å². The van der Waals surface area contributed by atoms with Crippen molar-refractivity contribution in [3.05, 3.63) is 242 Å². The van der Waals surface area contributed by atoms with Crippen molar-refractivity contribution < 1.29 is 0 Å². The molecule has 13 rings (SSSR count). The highest BCUT2D eigenvalue weighted by molar-refractivity contribution is 5.82. The maximum Gasteiger partial charge on any atom is 0.0462 e. The number of benzene rings is 9. The predicted molar refractivity (Wildman–Crippen MR) is 273 cm³/mol.